The molecule has 3 aliphatic rings. The molecule has 0 amide bonds. The van der Waals surface area contributed by atoms with Crippen LogP contribution in [-0.2, 0) is 9.47 Å². The Morgan fingerprint density at radius 2 is 1.54 bits per heavy atom. The SMILES string of the molecule is OC1C[C@H]2CC[C@H](C1)C21OCCO1. The maximum Gasteiger partial charge on any atom is 0.174 e. The lowest BCUT2D eigenvalue weighted by molar-refractivity contribution is -0.233. The molecule has 13 heavy (non-hydrogen) atoms. The van der Waals surface area contributed by atoms with E-state index in [0.717, 1.165) is 26.1 Å². The number of hydrogen-bond acceptors (Lipinski definition) is 3. The van der Waals surface area contributed by atoms with Gasteiger partial charge in [-0.25, -0.2) is 0 Å². The topological polar surface area (TPSA) is 38.7 Å². The van der Waals surface area contributed by atoms with E-state index in [2.05, 4.69) is 0 Å². The van der Waals surface area contributed by atoms with Gasteiger partial charge >= 0.3 is 0 Å². The normalized spacial score (nSPS) is 47.3. The van der Waals surface area contributed by atoms with Crippen LogP contribution < -0.4 is 0 Å². The number of rotatable bonds is 0. The second-order valence-corrected chi connectivity index (χ2v) is 4.51. The van der Waals surface area contributed by atoms with Crippen LogP contribution in [0.3, 0.4) is 0 Å². The second kappa shape index (κ2) is 2.69. The van der Waals surface area contributed by atoms with Crippen LogP contribution in [-0.4, -0.2) is 30.2 Å². The minimum Gasteiger partial charge on any atom is -0.393 e. The molecule has 1 N–H and O–H groups in total. The predicted molar refractivity (Wildman–Crippen MR) is 46.1 cm³/mol. The summed E-state index contributed by atoms with van der Waals surface area (Å²) in [6.07, 6.45) is 3.96. The van der Waals surface area contributed by atoms with E-state index in [1.165, 1.54) is 12.8 Å². The zero-order valence-electron chi connectivity index (χ0n) is 7.74. The molecule has 1 aliphatic heterocycles. The van der Waals surface area contributed by atoms with Crippen molar-refractivity contribution in [3.8, 4) is 0 Å². The van der Waals surface area contributed by atoms with Gasteiger partial charge in [-0.1, -0.05) is 0 Å². The fourth-order valence-electron chi connectivity index (χ4n) is 3.37. The Kier molecular flexibility index (Phi) is 1.70. The molecule has 2 saturated carbocycles. The zero-order valence-corrected chi connectivity index (χ0v) is 7.74. The largest absolute Gasteiger partial charge is 0.393 e. The first-order chi connectivity index (χ1) is 6.31. The second-order valence-electron chi connectivity index (χ2n) is 4.51. The van der Waals surface area contributed by atoms with Crippen LogP contribution in [0.25, 0.3) is 0 Å². The first-order valence-electron chi connectivity index (χ1n) is 5.27. The summed E-state index contributed by atoms with van der Waals surface area (Å²) in [5, 5.41) is 9.62. The van der Waals surface area contributed by atoms with E-state index in [9.17, 15) is 5.11 Å². The molecule has 3 heteroatoms. The van der Waals surface area contributed by atoms with Crippen molar-refractivity contribution >= 4 is 0 Å². The molecule has 3 nitrogen and oxygen atoms in total. The number of aliphatic hydroxyl groups is 1. The highest BCUT2D eigenvalue weighted by atomic mass is 16.7. The summed E-state index contributed by atoms with van der Waals surface area (Å²) in [5.74, 6) is 0.617. The molecule has 2 bridgehead atoms. The molecule has 0 aromatic heterocycles. The van der Waals surface area contributed by atoms with E-state index >= 15 is 0 Å². The van der Waals surface area contributed by atoms with Gasteiger partial charge in [-0.05, 0) is 25.7 Å². The predicted octanol–water partition coefficient (Wildman–Crippen LogP) is 0.910. The monoisotopic (exact) mass is 184 g/mol. The van der Waals surface area contributed by atoms with Crippen LogP contribution in [0.2, 0.25) is 0 Å². The van der Waals surface area contributed by atoms with Crippen LogP contribution in [0.1, 0.15) is 25.7 Å². The third-order valence-corrected chi connectivity index (χ3v) is 3.85. The summed E-state index contributed by atoms with van der Waals surface area (Å²) < 4.78 is 11.6. The summed E-state index contributed by atoms with van der Waals surface area (Å²) in [4.78, 5) is 0. The van der Waals surface area contributed by atoms with Crippen molar-refractivity contribution in [3.05, 3.63) is 0 Å². The number of aliphatic hydroxyl groups excluding tert-OH is 1. The molecule has 1 saturated heterocycles. The number of hydrogen-bond donors (Lipinski definition) is 1. The Morgan fingerprint density at radius 3 is 2.08 bits per heavy atom. The van der Waals surface area contributed by atoms with Crippen molar-refractivity contribution in [3.63, 3.8) is 0 Å². The summed E-state index contributed by atoms with van der Waals surface area (Å²) in [7, 11) is 0. The van der Waals surface area contributed by atoms with E-state index in [0.29, 0.717) is 11.8 Å². The van der Waals surface area contributed by atoms with Crippen LogP contribution in [0.15, 0.2) is 0 Å². The first-order valence-corrected chi connectivity index (χ1v) is 5.27. The van der Waals surface area contributed by atoms with Gasteiger partial charge in [0, 0.05) is 11.8 Å². The molecule has 3 fully saturated rings. The highest BCUT2D eigenvalue weighted by molar-refractivity contribution is 5.00. The molecule has 1 spiro atoms. The van der Waals surface area contributed by atoms with Gasteiger partial charge in [0.1, 0.15) is 0 Å². The van der Waals surface area contributed by atoms with Gasteiger partial charge in [-0.15, -0.1) is 0 Å². The van der Waals surface area contributed by atoms with Crippen LogP contribution in [0, 0.1) is 11.8 Å². The zero-order chi connectivity index (χ0) is 8.89. The lowest BCUT2D eigenvalue weighted by Crippen LogP contribution is -2.47. The lowest BCUT2D eigenvalue weighted by Gasteiger charge is -2.40. The van der Waals surface area contributed by atoms with E-state index in [4.69, 9.17) is 9.47 Å². The molecule has 0 aromatic carbocycles. The van der Waals surface area contributed by atoms with Crippen LogP contribution in [0.4, 0.5) is 0 Å². The Balaban J connectivity index is 1.89. The Labute approximate surface area is 78.0 Å². The minimum absolute atomic E-state index is 0.115. The van der Waals surface area contributed by atoms with Gasteiger partial charge in [0.15, 0.2) is 5.79 Å². The minimum atomic E-state index is -0.279. The smallest absolute Gasteiger partial charge is 0.174 e. The molecule has 0 radical (unpaired) electrons. The van der Waals surface area contributed by atoms with E-state index in [-0.39, 0.29) is 11.9 Å². The van der Waals surface area contributed by atoms with E-state index in [1.807, 2.05) is 0 Å². The van der Waals surface area contributed by atoms with Crippen LogP contribution >= 0.6 is 0 Å². The van der Waals surface area contributed by atoms with Crippen molar-refractivity contribution in [2.75, 3.05) is 13.2 Å². The highest BCUT2D eigenvalue weighted by Gasteiger charge is 2.57. The van der Waals surface area contributed by atoms with Gasteiger partial charge in [0.2, 0.25) is 0 Å². The first kappa shape index (κ1) is 8.21. The maximum atomic E-state index is 9.62. The summed E-state index contributed by atoms with van der Waals surface area (Å²) in [6, 6.07) is 0. The van der Waals surface area contributed by atoms with Gasteiger partial charge < -0.3 is 14.6 Å². The number of ether oxygens (including phenoxy) is 2. The standard InChI is InChI=1S/C10H16O3/c11-9-5-7-1-2-8(6-9)10(7)12-3-4-13-10/h7-9,11H,1-6H2/t7-,8-/m1/s1. The van der Waals surface area contributed by atoms with Crippen LogP contribution in [0.5, 0.6) is 0 Å². The summed E-state index contributed by atoms with van der Waals surface area (Å²) in [5.41, 5.74) is 0. The fraction of sp³-hybridized carbons (Fsp3) is 1.00. The molecule has 3 rings (SSSR count). The van der Waals surface area contributed by atoms with Gasteiger partial charge in [-0.2, -0.15) is 0 Å². The maximum absolute atomic E-state index is 9.62. The molecule has 2 aliphatic carbocycles. The molecule has 74 valence electrons. The van der Waals surface area contributed by atoms with Crippen molar-refractivity contribution < 1.29 is 14.6 Å². The van der Waals surface area contributed by atoms with Crippen molar-refractivity contribution in [1.29, 1.82) is 0 Å². The van der Waals surface area contributed by atoms with E-state index in [1.54, 1.807) is 0 Å². The summed E-state index contributed by atoms with van der Waals surface area (Å²) >= 11 is 0. The molecular weight excluding hydrogens is 168 g/mol. The van der Waals surface area contributed by atoms with Crippen molar-refractivity contribution in [1.82, 2.24) is 0 Å². The lowest BCUT2D eigenvalue weighted by atomic mass is 9.81. The van der Waals surface area contributed by atoms with Crippen molar-refractivity contribution in [2.45, 2.75) is 37.6 Å². The molecule has 1 heterocycles. The molecular formula is C10H16O3. The van der Waals surface area contributed by atoms with Gasteiger partial charge in [0.25, 0.3) is 0 Å². The average molecular weight is 184 g/mol. The summed E-state index contributed by atoms with van der Waals surface area (Å²) in [6.45, 7) is 1.48. The van der Waals surface area contributed by atoms with Gasteiger partial charge in [-0.3, -0.25) is 0 Å². The Bertz CT molecular complexity index is 194. The van der Waals surface area contributed by atoms with Gasteiger partial charge in [0.05, 0.1) is 19.3 Å². The third kappa shape index (κ3) is 1.01. The Morgan fingerprint density at radius 1 is 1.00 bits per heavy atom. The third-order valence-electron chi connectivity index (χ3n) is 3.85. The molecule has 0 unspecified atom stereocenters. The Hall–Kier alpha value is -0.120. The molecule has 2 atom stereocenters. The quantitative estimate of drug-likeness (QED) is 0.608. The highest BCUT2D eigenvalue weighted by Crippen LogP contribution is 2.53. The molecule has 0 aromatic rings. The van der Waals surface area contributed by atoms with E-state index < -0.39 is 0 Å². The van der Waals surface area contributed by atoms with Crippen molar-refractivity contribution in [2.24, 2.45) is 11.8 Å². The average Bonchev–Trinajstić information content (AvgIpc) is 2.63. The fourth-order valence-corrected chi connectivity index (χ4v) is 3.37.